The molecule has 0 fully saturated rings. The second-order valence-corrected chi connectivity index (χ2v) is 33.8. The minimum atomic E-state index is -0.136. The van der Waals surface area contributed by atoms with Crippen molar-refractivity contribution < 1.29 is 0 Å². The van der Waals surface area contributed by atoms with Crippen LogP contribution in [0, 0.1) is 0 Å². The van der Waals surface area contributed by atoms with Gasteiger partial charge >= 0.3 is 0 Å². The molecule has 5 nitrogen and oxygen atoms in total. The molecule has 0 N–H and O–H groups in total. The van der Waals surface area contributed by atoms with Crippen molar-refractivity contribution in [3.8, 4) is 56.7 Å². The van der Waals surface area contributed by atoms with Gasteiger partial charge in [-0.05, 0) is 184 Å². The summed E-state index contributed by atoms with van der Waals surface area (Å²) in [5.74, 6) is 1.90. The molecule has 3 heterocycles. The molecule has 0 bridgehead atoms. The molecule has 0 amide bonds. The van der Waals surface area contributed by atoms with Crippen molar-refractivity contribution in [3.05, 3.63) is 196 Å². The summed E-state index contributed by atoms with van der Waals surface area (Å²) in [6.07, 6.45) is 0. The molecular formula is C83H97N5. The molecule has 0 unspecified atom stereocenters. The molecular weight excluding hydrogens is 1070 g/mol. The Labute approximate surface area is 527 Å². The quantitative estimate of drug-likeness (QED) is 0.167. The van der Waals surface area contributed by atoms with E-state index in [1.807, 2.05) is 0 Å². The molecule has 11 aromatic rings. The molecule has 3 aromatic heterocycles. The SMILES string of the molecule is CC(C)(C)c1cc(-c2nc(-c3cc(C(C)(C)C)cc(C(C)(C)C)c3)nc(-c3cc(-c4ccccc4-n4c5ccc(C(C)(C)C)cc5c5cc(C(C)(C)C)ccc54)ccc3-n3c4ccc(C(C)(C)C)cc4c4cc(C(C)(C)C)ccc43)n2)cc(C(C)(C)C)c1. The maximum Gasteiger partial charge on any atom is 0.166 e. The van der Waals surface area contributed by atoms with Crippen LogP contribution in [-0.2, 0) is 43.3 Å². The van der Waals surface area contributed by atoms with Gasteiger partial charge in [0.2, 0.25) is 0 Å². The summed E-state index contributed by atoms with van der Waals surface area (Å²) in [6, 6.07) is 58.6. The maximum absolute atomic E-state index is 5.82. The number of benzene rings is 8. The molecule has 0 saturated carbocycles. The first-order valence-corrected chi connectivity index (χ1v) is 32.2. The average molecular weight is 1160 g/mol. The van der Waals surface area contributed by atoms with Gasteiger partial charge in [-0.2, -0.15) is 0 Å². The standard InChI is InChI=1S/C83H97N5/c1-76(2,3)53-30-35-68-62(46-53)63-47-54(77(4,5)6)31-36-69(63)87(68)67-28-26-25-27-61(67)50-29-34-72(88-70-37-32-55(78(7,8)9)48-64(70)65-49-56(79(10,11)12)33-38-71(65)88)66(43-50)75-85-73(51-39-57(80(13,14)15)44-58(40-51)81(16,17)18)84-74(86-75)52-41-59(82(19,20)21)45-60(42-52)83(22,23)24/h25-49H,1-24H3. The van der Waals surface area contributed by atoms with E-state index in [0.717, 1.165) is 50.2 Å². The Morgan fingerprint density at radius 2 is 0.511 bits per heavy atom. The summed E-state index contributed by atoms with van der Waals surface area (Å²) in [4.78, 5) is 17.3. The lowest BCUT2D eigenvalue weighted by Crippen LogP contribution is -2.17. The molecule has 0 aliphatic heterocycles. The zero-order valence-corrected chi connectivity index (χ0v) is 57.7. The van der Waals surface area contributed by atoms with Crippen molar-refractivity contribution >= 4 is 43.6 Å². The van der Waals surface area contributed by atoms with Gasteiger partial charge in [0, 0.05) is 43.8 Å². The van der Waals surface area contributed by atoms with E-state index in [9.17, 15) is 0 Å². The van der Waals surface area contributed by atoms with Crippen LogP contribution in [0.3, 0.4) is 0 Å². The molecule has 0 saturated heterocycles. The van der Waals surface area contributed by atoms with Gasteiger partial charge in [0.1, 0.15) is 0 Å². The van der Waals surface area contributed by atoms with Crippen molar-refractivity contribution in [3.63, 3.8) is 0 Å². The Morgan fingerprint density at radius 3 is 0.818 bits per heavy atom. The molecule has 88 heavy (non-hydrogen) atoms. The Morgan fingerprint density at radius 1 is 0.227 bits per heavy atom. The van der Waals surface area contributed by atoms with E-state index in [4.69, 9.17) is 15.0 Å². The summed E-state index contributed by atoms with van der Waals surface area (Å²) in [5.41, 5.74) is 21.2. The number of hydrogen-bond acceptors (Lipinski definition) is 3. The maximum atomic E-state index is 5.82. The fourth-order valence-electron chi connectivity index (χ4n) is 12.4. The molecule has 454 valence electrons. The highest BCUT2D eigenvalue weighted by Crippen LogP contribution is 2.45. The normalized spacial score (nSPS) is 13.5. The smallest absolute Gasteiger partial charge is 0.166 e. The van der Waals surface area contributed by atoms with Gasteiger partial charge < -0.3 is 9.13 Å². The van der Waals surface area contributed by atoms with Gasteiger partial charge in [-0.25, -0.2) is 15.0 Å². The zero-order valence-electron chi connectivity index (χ0n) is 57.7. The predicted octanol–water partition coefficient (Wildman–Crippen LogP) is 23.1. The Balaban J connectivity index is 1.29. The van der Waals surface area contributed by atoms with Crippen LogP contribution in [0.1, 0.15) is 211 Å². The fraction of sp³-hybridized carbons (Fsp3) is 0.386. The van der Waals surface area contributed by atoms with Crippen molar-refractivity contribution in [2.45, 2.75) is 209 Å². The largest absolute Gasteiger partial charge is 0.309 e. The molecule has 0 atom stereocenters. The summed E-state index contributed by atoms with van der Waals surface area (Å²) < 4.78 is 4.99. The number of nitrogens with zero attached hydrogens (tertiary/aromatic N) is 5. The van der Waals surface area contributed by atoms with Crippen molar-refractivity contribution in [2.75, 3.05) is 0 Å². The van der Waals surface area contributed by atoms with Crippen molar-refractivity contribution in [2.24, 2.45) is 0 Å². The number of para-hydroxylation sites is 1. The summed E-state index contributed by atoms with van der Waals surface area (Å²) in [5, 5.41) is 4.97. The number of fused-ring (bicyclic) bond motifs is 6. The van der Waals surface area contributed by atoms with E-state index < -0.39 is 0 Å². The van der Waals surface area contributed by atoms with Gasteiger partial charge in [-0.1, -0.05) is 227 Å². The summed E-state index contributed by atoms with van der Waals surface area (Å²) >= 11 is 0. The molecule has 0 aliphatic rings. The Kier molecular flexibility index (Phi) is 14.8. The van der Waals surface area contributed by atoms with Crippen LogP contribution in [0.5, 0.6) is 0 Å². The predicted molar refractivity (Wildman–Crippen MR) is 380 cm³/mol. The van der Waals surface area contributed by atoms with Crippen LogP contribution in [0.25, 0.3) is 100 Å². The monoisotopic (exact) mass is 1160 g/mol. The highest BCUT2D eigenvalue weighted by atomic mass is 15.1. The molecule has 8 aromatic carbocycles. The first kappa shape index (κ1) is 62.0. The van der Waals surface area contributed by atoms with Crippen LogP contribution in [0.2, 0.25) is 0 Å². The molecule has 11 rings (SSSR count). The lowest BCUT2D eigenvalue weighted by atomic mass is 9.79. The minimum absolute atomic E-state index is 0.0241. The minimum Gasteiger partial charge on any atom is -0.309 e. The summed E-state index contributed by atoms with van der Waals surface area (Å²) in [7, 11) is 0. The second-order valence-electron chi connectivity index (χ2n) is 33.8. The van der Waals surface area contributed by atoms with Gasteiger partial charge in [0.25, 0.3) is 0 Å². The van der Waals surface area contributed by atoms with Crippen LogP contribution in [0.4, 0.5) is 0 Å². The van der Waals surface area contributed by atoms with Crippen LogP contribution < -0.4 is 0 Å². The van der Waals surface area contributed by atoms with E-state index in [1.54, 1.807) is 0 Å². The lowest BCUT2D eigenvalue weighted by Gasteiger charge is -2.26. The molecule has 0 aliphatic carbocycles. The average Bonchev–Trinajstić information content (AvgIpc) is 1.70. The number of rotatable bonds is 6. The first-order chi connectivity index (χ1) is 40.6. The molecule has 0 spiro atoms. The summed E-state index contributed by atoms with van der Waals surface area (Å²) in [6.45, 7) is 55.4. The third-order valence-corrected chi connectivity index (χ3v) is 18.4. The third kappa shape index (κ3) is 11.7. The van der Waals surface area contributed by atoms with Crippen molar-refractivity contribution in [1.82, 2.24) is 24.1 Å². The van der Waals surface area contributed by atoms with Gasteiger partial charge in [-0.15, -0.1) is 0 Å². The van der Waals surface area contributed by atoms with E-state index in [-0.39, 0.29) is 43.3 Å². The number of hydrogen-bond donors (Lipinski definition) is 0. The lowest BCUT2D eigenvalue weighted by molar-refractivity contribution is 0.568. The van der Waals surface area contributed by atoms with Crippen LogP contribution >= 0.6 is 0 Å². The second kappa shape index (κ2) is 21.0. The molecule has 5 heteroatoms. The van der Waals surface area contributed by atoms with Gasteiger partial charge in [0.15, 0.2) is 17.5 Å². The Bertz CT molecular complexity index is 4250. The van der Waals surface area contributed by atoms with E-state index >= 15 is 0 Å². The fourth-order valence-corrected chi connectivity index (χ4v) is 12.4. The highest BCUT2D eigenvalue weighted by Gasteiger charge is 2.30. The Hall–Kier alpha value is -7.63. The van der Waals surface area contributed by atoms with E-state index in [2.05, 4.69) is 327 Å². The van der Waals surface area contributed by atoms with Gasteiger partial charge in [-0.3, -0.25) is 0 Å². The topological polar surface area (TPSA) is 48.5 Å². The third-order valence-electron chi connectivity index (χ3n) is 18.4. The van der Waals surface area contributed by atoms with E-state index in [0.29, 0.717) is 17.5 Å². The first-order valence-electron chi connectivity index (χ1n) is 32.2. The van der Waals surface area contributed by atoms with Crippen molar-refractivity contribution in [1.29, 1.82) is 0 Å². The van der Waals surface area contributed by atoms with Crippen LogP contribution in [0.15, 0.2) is 152 Å². The van der Waals surface area contributed by atoms with Crippen LogP contribution in [-0.4, -0.2) is 24.1 Å². The van der Waals surface area contributed by atoms with Gasteiger partial charge in [0.05, 0.1) is 33.4 Å². The highest BCUT2D eigenvalue weighted by molar-refractivity contribution is 6.12. The molecule has 0 radical (unpaired) electrons. The zero-order chi connectivity index (χ0) is 64.0. The number of aromatic nitrogens is 5. The van der Waals surface area contributed by atoms with E-state index in [1.165, 1.54) is 77.1 Å².